The van der Waals surface area contributed by atoms with Gasteiger partial charge >= 0.3 is 0 Å². The smallest absolute Gasteiger partial charge is 0.228 e. The first-order valence-corrected chi connectivity index (χ1v) is 8.59. The Morgan fingerprint density at radius 3 is 2.84 bits per heavy atom. The van der Waals surface area contributed by atoms with E-state index in [4.69, 9.17) is 10.1 Å². The van der Waals surface area contributed by atoms with Crippen molar-refractivity contribution in [3.05, 3.63) is 17.8 Å². The molecule has 1 aliphatic carbocycles. The molecule has 1 saturated heterocycles. The van der Waals surface area contributed by atoms with Crippen molar-refractivity contribution in [3.8, 4) is 0 Å². The summed E-state index contributed by atoms with van der Waals surface area (Å²) in [5.74, 6) is 0.641. The predicted octanol–water partition coefficient (Wildman–Crippen LogP) is 0.981. The Morgan fingerprint density at radius 2 is 2.20 bits per heavy atom. The summed E-state index contributed by atoms with van der Waals surface area (Å²) >= 11 is 0. The average molecular weight is 342 g/mol. The molecule has 132 valence electrons. The zero-order chi connectivity index (χ0) is 17.6. The molecule has 4 rings (SSSR count). The zero-order valence-electron chi connectivity index (χ0n) is 14.4. The molecule has 3 N–H and O–H groups in total. The molecule has 25 heavy (non-hydrogen) atoms. The second-order valence-electron chi connectivity index (χ2n) is 6.84. The van der Waals surface area contributed by atoms with Crippen LogP contribution in [0.15, 0.2) is 17.4 Å². The highest BCUT2D eigenvalue weighted by Crippen LogP contribution is 2.36. The summed E-state index contributed by atoms with van der Waals surface area (Å²) in [6.07, 6.45) is 3.51. The summed E-state index contributed by atoms with van der Waals surface area (Å²) in [5.41, 5.74) is 5.62. The molecule has 1 unspecified atom stereocenters. The number of pyridine rings is 1. The summed E-state index contributed by atoms with van der Waals surface area (Å²) in [6, 6.07) is 1.91. The van der Waals surface area contributed by atoms with E-state index < -0.39 is 0 Å². The normalized spacial score (nSPS) is 24.7. The third-order valence-electron chi connectivity index (χ3n) is 4.97. The molecule has 8 nitrogen and oxygen atoms in total. The van der Waals surface area contributed by atoms with E-state index in [0.29, 0.717) is 30.5 Å². The van der Waals surface area contributed by atoms with Crippen molar-refractivity contribution >= 4 is 28.8 Å². The van der Waals surface area contributed by atoms with Crippen LogP contribution in [0.1, 0.15) is 25.3 Å². The van der Waals surface area contributed by atoms with E-state index in [1.165, 1.54) is 0 Å². The number of nitrogens with one attached hydrogen (secondary N) is 3. The Hall–Kier alpha value is -2.48. The highest BCUT2D eigenvalue weighted by Gasteiger charge is 2.35. The van der Waals surface area contributed by atoms with Crippen LogP contribution in [0.3, 0.4) is 0 Å². The maximum atomic E-state index is 12.1. The van der Waals surface area contributed by atoms with Crippen molar-refractivity contribution in [3.63, 3.8) is 0 Å². The van der Waals surface area contributed by atoms with E-state index in [1.54, 1.807) is 12.3 Å². The van der Waals surface area contributed by atoms with Gasteiger partial charge in [0.05, 0.1) is 36.7 Å². The number of anilines is 2. The van der Waals surface area contributed by atoms with Gasteiger partial charge in [-0.2, -0.15) is 5.10 Å². The number of carbonyl (C=O) groups excluding carboxylic acids is 1. The van der Waals surface area contributed by atoms with Crippen molar-refractivity contribution in [2.45, 2.75) is 31.8 Å². The van der Waals surface area contributed by atoms with Crippen LogP contribution in [-0.2, 0) is 9.53 Å². The molecule has 1 aromatic rings. The first kappa shape index (κ1) is 16.0. The quantitative estimate of drug-likeness (QED) is 0.708. The number of nitrogens with zero attached hydrogens (tertiary/aromatic N) is 3. The van der Waals surface area contributed by atoms with Gasteiger partial charge in [0.2, 0.25) is 5.91 Å². The highest BCUT2D eigenvalue weighted by molar-refractivity contribution is 6.51. The van der Waals surface area contributed by atoms with Gasteiger partial charge in [-0.25, -0.2) is 4.98 Å². The molecule has 2 fully saturated rings. The van der Waals surface area contributed by atoms with Crippen molar-refractivity contribution in [1.29, 1.82) is 5.41 Å². The molecule has 1 aromatic heterocycles. The number of amides is 1. The fraction of sp³-hybridized carbons (Fsp3) is 0.529. The first-order valence-electron chi connectivity index (χ1n) is 8.59. The number of hydrogen-bond acceptors (Lipinski definition) is 7. The zero-order valence-corrected chi connectivity index (χ0v) is 14.4. The van der Waals surface area contributed by atoms with E-state index in [9.17, 15) is 4.79 Å². The van der Waals surface area contributed by atoms with Crippen LogP contribution in [0.2, 0.25) is 0 Å². The van der Waals surface area contributed by atoms with Crippen molar-refractivity contribution in [2.75, 3.05) is 30.5 Å². The van der Waals surface area contributed by atoms with Crippen LogP contribution in [0, 0.1) is 11.3 Å². The lowest BCUT2D eigenvalue weighted by atomic mass is 9.94. The van der Waals surface area contributed by atoms with E-state index in [-0.39, 0.29) is 23.9 Å². The van der Waals surface area contributed by atoms with Gasteiger partial charge in [0.15, 0.2) is 5.82 Å². The third-order valence-corrected chi connectivity index (χ3v) is 4.97. The van der Waals surface area contributed by atoms with Gasteiger partial charge in [-0.1, -0.05) is 0 Å². The highest BCUT2D eigenvalue weighted by atomic mass is 16.5. The Labute approximate surface area is 146 Å². The Bertz CT molecular complexity index is 754. The number of ether oxygens (including phenoxy) is 1. The van der Waals surface area contributed by atoms with Gasteiger partial charge in [0.25, 0.3) is 0 Å². The maximum absolute atomic E-state index is 12.1. The first-order chi connectivity index (χ1) is 12.1. The SMILES string of the molecule is CC1/C(=N/NC2COC2)C(=N)c2ccnc(NC(=O)C3CC3)c2N1C. The lowest BCUT2D eigenvalue weighted by Gasteiger charge is -2.36. The number of aromatic nitrogens is 1. The molecule has 1 saturated carbocycles. The Balaban J connectivity index is 1.64. The van der Waals surface area contributed by atoms with Crippen molar-refractivity contribution in [1.82, 2.24) is 10.4 Å². The topological polar surface area (TPSA) is 103 Å². The van der Waals surface area contributed by atoms with Gasteiger partial charge in [-0.15, -0.1) is 0 Å². The largest absolute Gasteiger partial charge is 0.377 e. The standard InChI is InChI=1S/C17H22N6O2/c1-9-14(22-21-11-7-25-8-11)13(18)12-5-6-19-16(15(12)23(9)2)20-17(24)10-3-4-10/h5-6,9-11,18,21H,3-4,7-8H2,1-2H3,(H,19,20,24)/b18-13?,22-14-. The lowest BCUT2D eigenvalue weighted by Crippen LogP contribution is -2.49. The fourth-order valence-corrected chi connectivity index (χ4v) is 3.01. The molecule has 1 atom stereocenters. The Kier molecular flexibility index (Phi) is 3.91. The van der Waals surface area contributed by atoms with Gasteiger partial charge in [-0.05, 0) is 25.8 Å². The third kappa shape index (κ3) is 2.86. The predicted molar refractivity (Wildman–Crippen MR) is 95.5 cm³/mol. The lowest BCUT2D eigenvalue weighted by molar-refractivity contribution is -0.117. The van der Waals surface area contributed by atoms with Gasteiger partial charge in [0, 0.05) is 24.7 Å². The van der Waals surface area contributed by atoms with Crippen LogP contribution in [0.25, 0.3) is 0 Å². The van der Waals surface area contributed by atoms with Crippen LogP contribution in [0.5, 0.6) is 0 Å². The summed E-state index contributed by atoms with van der Waals surface area (Å²) in [5, 5.41) is 16.0. The summed E-state index contributed by atoms with van der Waals surface area (Å²) in [7, 11) is 1.94. The van der Waals surface area contributed by atoms with Gasteiger partial charge in [-0.3, -0.25) is 10.2 Å². The van der Waals surface area contributed by atoms with Gasteiger partial charge in [0.1, 0.15) is 5.71 Å². The molecule has 0 spiro atoms. The van der Waals surface area contributed by atoms with E-state index in [1.807, 2.05) is 18.9 Å². The number of fused-ring (bicyclic) bond motifs is 1. The summed E-state index contributed by atoms with van der Waals surface area (Å²) in [4.78, 5) is 18.5. The van der Waals surface area contributed by atoms with Crippen molar-refractivity contribution in [2.24, 2.45) is 11.0 Å². The average Bonchev–Trinajstić information content (AvgIpc) is 3.39. The summed E-state index contributed by atoms with van der Waals surface area (Å²) < 4.78 is 5.14. The number of hydrazone groups is 1. The van der Waals surface area contributed by atoms with Crippen LogP contribution in [-0.4, -0.2) is 54.7 Å². The van der Waals surface area contributed by atoms with Gasteiger partial charge < -0.3 is 20.4 Å². The monoisotopic (exact) mass is 342 g/mol. The molecule has 3 aliphatic rings. The number of rotatable bonds is 4. The second-order valence-corrected chi connectivity index (χ2v) is 6.84. The maximum Gasteiger partial charge on any atom is 0.228 e. The molecular weight excluding hydrogens is 320 g/mol. The molecule has 0 aromatic carbocycles. The number of hydrogen-bond donors (Lipinski definition) is 3. The molecular formula is C17H22N6O2. The minimum atomic E-state index is -0.103. The minimum absolute atomic E-state index is 0.0135. The fourth-order valence-electron chi connectivity index (χ4n) is 3.01. The molecule has 8 heteroatoms. The molecule has 2 aliphatic heterocycles. The van der Waals surface area contributed by atoms with E-state index in [2.05, 4.69) is 20.8 Å². The summed E-state index contributed by atoms with van der Waals surface area (Å²) in [6.45, 7) is 3.28. The molecule has 1 amide bonds. The minimum Gasteiger partial charge on any atom is -0.377 e. The number of carbonyl (C=O) groups is 1. The second kappa shape index (κ2) is 6.11. The molecule has 0 radical (unpaired) electrons. The van der Waals surface area contributed by atoms with Crippen LogP contribution in [0.4, 0.5) is 11.5 Å². The van der Waals surface area contributed by atoms with Crippen LogP contribution < -0.4 is 15.6 Å². The van der Waals surface area contributed by atoms with E-state index >= 15 is 0 Å². The Morgan fingerprint density at radius 1 is 1.44 bits per heavy atom. The molecule has 3 heterocycles. The van der Waals surface area contributed by atoms with Crippen LogP contribution >= 0.6 is 0 Å². The van der Waals surface area contributed by atoms with Crippen molar-refractivity contribution < 1.29 is 9.53 Å². The molecule has 0 bridgehead atoms. The van der Waals surface area contributed by atoms with E-state index in [0.717, 1.165) is 24.1 Å².